The molecule has 1 saturated heterocycles. The zero-order valence-corrected chi connectivity index (χ0v) is 25.5. The molecule has 0 saturated carbocycles. The molecule has 12 heteroatoms. The Kier molecular flexibility index (Phi) is 11.2. The number of aromatic nitrogens is 2. The number of carbonyl (C=O) groups is 3. The van der Waals surface area contributed by atoms with E-state index in [0.29, 0.717) is 31.6 Å². The summed E-state index contributed by atoms with van der Waals surface area (Å²) < 4.78 is 34.0. The van der Waals surface area contributed by atoms with E-state index in [2.05, 4.69) is 15.6 Å². The second-order valence-electron chi connectivity index (χ2n) is 11.0. The zero-order valence-electron chi connectivity index (χ0n) is 25.5. The highest BCUT2D eigenvalue weighted by Gasteiger charge is 2.38. The van der Waals surface area contributed by atoms with Crippen LogP contribution in [0.1, 0.15) is 42.7 Å². The van der Waals surface area contributed by atoms with E-state index in [1.807, 2.05) is 0 Å². The molecule has 0 spiro atoms. The summed E-state index contributed by atoms with van der Waals surface area (Å²) in [6, 6.07) is 10.2. The molecule has 4 rings (SSSR count). The van der Waals surface area contributed by atoms with Crippen LogP contribution in [0.15, 0.2) is 61.1 Å². The van der Waals surface area contributed by atoms with Crippen LogP contribution in [-0.4, -0.2) is 95.1 Å². The molecule has 44 heavy (non-hydrogen) atoms. The molecule has 1 aliphatic rings. The van der Waals surface area contributed by atoms with Gasteiger partial charge >= 0.3 is 0 Å². The van der Waals surface area contributed by atoms with E-state index in [9.17, 15) is 23.2 Å². The number of amides is 3. The van der Waals surface area contributed by atoms with Gasteiger partial charge in [0.2, 0.25) is 11.8 Å². The van der Waals surface area contributed by atoms with E-state index in [1.165, 1.54) is 37.7 Å². The van der Waals surface area contributed by atoms with Crippen LogP contribution in [0.2, 0.25) is 0 Å². The average Bonchev–Trinajstić information content (AvgIpc) is 3.72. The van der Waals surface area contributed by atoms with Gasteiger partial charge in [0.25, 0.3) is 5.91 Å². The maximum atomic E-state index is 13.9. The Balaban J connectivity index is 1.56. The average molecular weight is 611 g/mol. The van der Waals surface area contributed by atoms with Crippen molar-refractivity contribution >= 4 is 17.7 Å². The molecular formula is C32H40F2N6O4. The molecule has 0 aliphatic carbocycles. The van der Waals surface area contributed by atoms with E-state index in [-0.39, 0.29) is 47.6 Å². The van der Waals surface area contributed by atoms with Crippen molar-refractivity contribution in [2.24, 2.45) is 0 Å². The summed E-state index contributed by atoms with van der Waals surface area (Å²) in [4.78, 5) is 48.1. The van der Waals surface area contributed by atoms with Gasteiger partial charge in [-0.15, -0.1) is 0 Å². The number of carbonyl (C=O) groups excluding carboxylic acids is 3. The first-order chi connectivity index (χ1) is 21.1. The molecule has 1 aliphatic heterocycles. The fourth-order valence-electron chi connectivity index (χ4n) is 5.21. The fourth-order valence-corrected chi connectivity index (χ4v) is 5.21. The molecular weight excluding hydrogens is 570 g/mol. The van der Waals surface area contributed by atoms with Crippen LogP contribution >= 0.6 is 0 Å². The third kappa shape index (κ3) is 8.06. The molecule has 0 bridgehead atoms. The van der Waals surface area contributed by atoms with Crippen molar-refractivity contribution in [1.82, 2.24) is 30.0 Å². The number of methoxy groups -OCH3 is 1. The molecule has 1 aromatic heterocycles. The van der Waals surface area contributed by atoms with E-state index in [0.717, 1.165) is 12.0 Å². The molecule has 2 aromatic carbocycles. The summed E-state index contributed by atoms with van der Waals surface area (Å²) in [6.07, 6.45) is 4.38. The third-order valence-electron chi connectivity index (χ3n) is 8.12. The Morgan fingerprint density at radius 2 is 1.73 bits per heavy atom. The van der Waals surface area contributed by atoms with Crippen molar-refractivity contribution in [1.29, 1.82) is 0 Å². The van der Waals surface area contributed by atoms with Gasteiger partial charge < -0.3 is 29.7 Å². The summed E-state index contributed by atoms with van der Waals surface area (Å²) in [7, 11) is 3.15. The molecule has 2 heterocycles. The molecule has 3 amide bonds. The molecule has 0 unspecified atom stereocenters. The van der Waals surface area contributed by atoms with E-state index in [1.54, 1.807) is 65.7 Å². The van der Waals surface area contributed by atoms with Crippen LogP contribution in [-0.2, 0) is 20.7 Å². The summed E-state index contributed by atoms with van der Waals surface area (Å²) in [5.41, 5.74) is 1.70. The number of rotatable bonds is 13. The van der Waals surface area contributed by atoms with Crippen LogP contribution in [0.5, 0.6) is 0 Å². The molecule has 236 valence electrons. The van der Waals surface area contributed by atoms with E-state index < -0.39 is 18.2 Å². The van der Waals surface area contributed by atoms with Crippen LogP contribution in [0, 0.1) is 11.6 Å². The lowest BCUT2D eigenvalue weighted by Crippen LogP contribution is -2.58. The largest absolute Gasteiger partial charge is 0.379 e. The van der Waals surface area contributed by atoms with Gasteiger partial charge in [-0.25, -0.2) is 13.8 Å². The van der Waals surface area contributed by atoms with Gasteiger partial charge in [-0.1, -0.05) is 12.1 Å². The monoisotopic (exact) mass is 610 g/mol. The van der Waals surface area contributed by atoms with E-state index >= 15 is 0 Å². The highest BCUT2D eigenvalue weighted by Crippen LogP contribution is 2.22. The summed E-state index contributed by atoms with van der Waals surface area (Å²) in [6.45, 7) is 4.46. The highest BCUT2D eigenvalue weighted by molar-refractivity contribution is 5.93. The third-order valence-corrected chi connectivity index (χ3v) is 8.12. The Bertz CT molecular complexity index is 1410. The van der Waals surface area contributed by atoms with Gasteiger partial charge in [-0.2, -0.15) is 0 Å². The number of hydrogen-bond acceptors (Lipinski definition) is 6. The number of nitrogens with one attached hydrogen (secondary N) is 2. The first-order valence-corrected chi connectivity index (χ1v) is 14.8. The fraction of sp³-hybridized carbons (Fsp3) is 0.438. The number of benzene rings is 2. The lowest BCUT2D eigenvalue weighted by molar-refractivity contribution is -0.141. The van der Waals surface area contributed by atoms with Crippen LogP contribution in [0.3, 0.4) is 0 Å². The number of hydrogen-bond donors (Lipinski definition) is 2. The Labute approximate surface area is 256 Å². The van der Waals surface area contributed by atoms with Crippen molar-refractivity contribution in [2.45, 2.75) is 57.3 Å². The minimum Gasteiger partial charge on any atom is -0.379 e. The lowest BCUT2D eigenvalue weighted by atomic mass is 10.1. The predicted octanol–water partition coefficient (Wildman–Crippen LogP) is 2.95. The smallest absolute Gasteiger partial charge is 0.274 e. The number of likely N-dealkylation sites (tertiary alicyclic amines) is 1. The minimum atomic E-state index is -0.904. The molecule has 2 N–H and O–H groups in total. The first kappa shape index (κ1) is 32.7. The number of imidazole rings is 1. The highest BCUT2D eigenvalue weighted by atomic mass is 19.1. The zero-order chi connectivity index (χ0) is 31.8. The number of ether oxygens (including phenoxy) is 1. The van der Waals surface area contributed by atoms with E-state index in [4.69, 9.17) is 4.74 Å². The minimum absolute atomic E-state index is 0.198. The summed E-state index contributed by atoms with van der Waals surface area (Å²) in [5, 5.41) is 5.70. The standard InChI is InChI=1S/C32H40F2N6O4/c1-21(35-3)30(41)37-29(22(2)44-4)32(43)40-16-5-6-27(40)18-38(17-15-23-7-9-24(33)10-8-23)31(42)28-19-39(20-36-28)26-13-11-25(34)12-14-26/h7-14,19-22,27,29,35H,5-6,15-18H2,1-4H3,(H,37,41)/t21-,22+,27-,29-/m0/s1. The SMILES string of the molecule is CN[C@@H](C)C(=O)N[C@H](C(=O)N1CCC[C@H]1CN(CCc1ccc(F)cc1)C(=O)c1cn(-c2ccc(F)cc2)cn1)[C@@H](C)OC. The summed E-state index contributed by atoms with van der Waals surface area (Å²) >= 11 is 0. The van der Waals surface area contributed by atoms with Crippen LogP contribution < -0.4 is 10.6 Å². The molecule has 4 atom stereocenters. The van der Waals surface area contributed by atoms with Gasteiger partial charge in [0.1, 0.15) is 29.7 Å². The quantitative estimate of drug-likeness (QED) is 0.308. The number of halogens is 2. The molecule has 10 nitrogen and oxygen atoms in total. The van der Waals surface area contributed by atoms with Crippen molar-refractivity contribution in [3.63, 3.8) is 0 Å². The molecule has 1 fully saturated rings. The van der Waals surface area contributed by atoms with Crippen LogP contribution in [0.4, 0.5) is 8.78 Å². The Morgan fingerprint density at radius 3 is 2.36 bits per heavy atom. The second kappa shape index (κ2) is 15.0. The molecule has 3 aromatic rings. The lowest BCUT2D eigenvalue weighted by Gasteiger charge is -2.34. The van der Waals surface area contributed by atoms with Gasteiger partial charge in [0.15, 0.2) is 0 Å². The topological polar surface area (TPSA) is 109 Å². The van der Waals surface area contributed by atoms with Crippen molar-refractivity contribution in [3.8, 4) is 5.69 Å². The maximum absolute atomic E-state index is 13.9. The predicted molar refractivity (Wildman–Crippen MR) is 161 cm³/mol. The number of nitrogens with zero attached hydrogens (tertiary/aromatic N) is 4. The van der Waals surface area contributed by atoms with Crippen LogP contribution in [0.25, 0.3) is 5.69 Å². The van der Waals surface area contributed by atoms with Gasteiger partial charge in [0, 0.05) is 44.7 Å². The maximum Gasteiger partial charge on any atom is 0.274 e. The number of likely N-dealkylation sites (N-methyl/N-ethyl adjacent to an activating group) is 1. The molecule has 0 radical (unpaired) electrons. The summed E-state index contributed by atoms with van der Waals surface area (Å²) in [5.74, 6) is -1.64. The Hall–Kier alpha value is -4.16. The first-order valence-electron chi connectivity index (χ1n) is 14.8. The van der Waals surface area contributed by atoms with Crippen molar-refractivity contribution < 1.29 is 27.9 Å². The van der Waals surface area contributed by atoms with Gasteiger partial charge in [-0.05, 0) is 82.1 Å². The van der Waals surface area contributed by atoms with Gasteiger partial charge in [-0.3, -0.25) is 14.4 Å². The van der Waals surface area contributed by atoms with Crippen molar-refractivity contribution in [3.05, 3.63) is 83.9 Å². The normalized spacial score (nSPS) is 16.8. The van der Waals surface area contributed by atoms with Crippen molar-refractivity contribution in [2.75, 3.05) is 33.8 Å². The van der Waals surface area contributed by atoms with Gasteiger partial charge in [0.05, 0.1) is 12.1 Å². The Morgan fingerprint density at radius 1 is 1.07 bits per heavy atom. The second-order valence-corrected chi connectivity index (χ2v) is 11.0.